The average molecular weight is 835 g/mol. The first kappa shape index (κ1) is 53.8. The lowest BCUT2D eigenvalue weighted by atomic mass is 9.85. The summed E-state index contributed by atoms with van der Waals surface area (Å²) in [7, 11) is -5.01. The summed E-state index contributed by atoms with van der Waals surface area (Å²) in [4.78, 5) is 23.1. The molecular formula is C44H83O12P. The first-order chi connectivity index (χ1) is 27.5. The van der Waals surface area contributed by atoms with Crippen LogP contribution in [0.15, 0.2) is 24.3 Å². The van der Waals surface area contributed by atoms with Crippen LogP contribution in [0.5, 0.6) is 0 Å². The Balaban J connectivity index is 2.40. The Kier molecular flexibility index (Phi) is 33.6. The van der Waals surface area contributed by atoms with E-state index in [2.05, 4.69) is 38.2 Å². The van der Waals surface area contributed by atoms with E-state index in [9.17, 15) is 39.8 Å². The van der Waals surface area contributed by atoms with Gasteiger partial charge in [0.05, 0.1) is 13.2 Å². The second-order valence-electron chi connectivity index (χ2n) is 15.9. The highest BCUT2D eigenvalue weighted by Gasteiger charge is 2.51. The molecule has 0 spiro atoms. The number of rotatable bonds is 38. The van der Waals surface area contributed by atoms with Crippen LogP contribution in [0.3, 0.4) is 0 Å². The lowest BCUT2D eigenvalue weighted by molar-refractivity contribution is -0.220. The summed E-state index contributed by atoms with van der Waals surface area (Å²) in [6, 6.07) is 0. The molecule has 0 aromatic heterocycles. The zero-order valence-electron chi connectivity index (χ0n) is 35.6. The molecule has 1 saturated carbocycles. The molecule has 1 fully saturated rings. The molecule has 0 saturated heterocycles. The number of hydrogen-bond donors (Lipinski definition) is 6. The van der Waals surface area contributed by atoms with Crippen LogP contribution in [0.1, 0.15) is 187 Å². The van der Waals surface area contributed by atoms with Gasteiger partial charge in [-0.1, -0.05) is 160 Å². The summed E-state index contributed by atoms with van der Waals surface area (Å²) < 4.78 is 34.1. The smallest absolute Gasteiger partial charge is 0.457 e. The molecule has 1 aliphatic rings. The van der Waals surface area contributed by atoms with E-state index in [0.29, 0.717) is 13.0 Å². The van der Waals surface area contributed by atoms with Gasteiger partial charge in [0.25, 0.3) is 0 Å². The minimum atomic E-state index is -5.01. The van der Waals surface area contributed by atoms with E-state index in [4.69, 9.17) is 18.5 Å². The fraction of sp³-hybridized carbons (Fsp3) is 0.886. The molecule has 57 heavy (non-hydrogen) atoms. The molecule has 0 aliphatic heterocycles. The minimum Gasteiger partial charge on any atom is -0.457 e. The molecule has 6 N–H and O–H groups in total. The van der Waals surface area contributed by atoms with Crippen LogP contribution in [-0.4, -0.2) is 98.9 Å². The number of phosphoric acid groups is 1. The third-order valence-electron chi connectivity index (χ3n) is 10.6. The third kappa shape index (κ3) is 28.1. The molecule has 0 radical (unpaired) electrons. The lowest BCUT2D eigenvalue weighted by Gasteiger charge is -2.41. The van der Waals surface area contributed by atoms with E-state index in [-0.39, 0.29) is 13.0 Å². The van der Waals surface area contributed by atoms with Gasteiger partial charge >= 0.3 is 13.8 Å². The van der Waals surface area contributed by atoms with Crippen molar-refractivity contribution in [3.63, 3.8) is 0 Å². The van der Waals surface area contributed by atoms with Crippen molar-refractivity contribution in [2.45, 2.75) is 230 Å². The van der Waals surface area contributed by atoms with E-state index in [1.54, 1.807) is 0 Å². The Morgan fingerprint density at radius 2 is 0.982 bits per heavy atom. The zero-order chi connectivity index (χ0) is 42.0. The number of esters is 1. The summed E-state index contributed by atoms with van der Waals surface area (Å²) in [5.41, 5.74) is 0. The standard InChI is InChI=1S/C44H83O12P/c1-3-5-7-9-11-13-15-17-18-19-20-21-23-25-27-29-31-33-38(45)55-37(35-53-34-32-30-28-26-24-22-16-14-12-10-8-6-4-2)36-54-57(51,52)56-44-42(49)40(47)39(46)41(48)43(44)50/h11,13,17-18,37,39-44,46-50H,3-10,12,14-16,19-36H2,1-2H3,(H,51,52)/b13-11-,18-17-. The van der Waals surface area contributed by atoms with Crippen LogP contribution in [0.2, 0.25) is 0 Å². The quantitative estimate of drug-likeness (QED) is 0.0150. The highest BCUT2D eigenvalue weighted by Crippen LogP contribution is 2.47. The monoisotopic (exact) mass is 835 g/mol. The van der Waals surface area contributed by atoms with Gasteiger partial charge < -0.3 is 39.9 Å². The van der Waals surface area contributed by atoms with Gasteiger partial charge in [-0.3, -0.25) is 13.8 Å². The molecule has 1 aliphatic carbocycles. The van der Waals surface area contributed by atoms with E-state index in [1.165, 1.54) is 103 Å². The largest absolute Gasteiger partial charge is 0.472 e. The van der Waals surface area contributed by atoms with Crippen LogP contribution in [0.4, 0.5) is 0 Å². The van der Waals surface area contributed by atoms with Gasteiger partial charge in [0.1, 0.15) is 42.7 Å². The topological polar surface area (TPSA) is 192 Å². The Bertz CT molecular complexity index is 1040. The maximum atomic E-state index is 12.8. The van der Waals surface area contributed by atoms with Gasteiger partial charge in [0, 0.05) is 13.0 Å². The van der Waals surface area contributed by atoms with E-state index < -0.39 is 63.1 Å². The molecule has 0 heterocycles. The molecule has 1 rings (SSSR count). The van der Waals surface area contributed by atoms with Crippen molar-refractivity contribution in [3.8, 4) is 0 Å². The molecule has 0 aromatic rings. The van der Waals surface area contributed by atoms with Gasteiger partial charge in [-0.25, -0.2) is 4.57 Å². The Hall–Kier alpha value is -1.18. The highest BCUT2D eigenvalue weighted by atomic mass is 31.2. The number of carbonyl (C=O) groups excluding carboxylic acids is 1. The van der Waals surface area contributed by atoms with Gasteiger partial charge in [-0.05, 0) is 44.9 Å². The molecule has 336 valence electrons. The SMILES string of the molecule is CCCCC/C=C\C/C=C\CCCCCCCCCC(=O)OC(COCCCCCCCCCCCCCCC)COP(=O)(O)OC1C(O)C(O)C(O)C(O)C1O. The molecule has 13 heteroatoms. The van der Waals surface area contributed by atoms with Crippen LogP contribution in [-0.2, 0) is 27.9 Å². The number of aliphatic hydroxyl groups excluding tert-OH is 5. The minimum absolute atomic E-state index is 0.0762. The number of hydrogen-bond acceptors (Lipinski definition) is 11. The summed E-state index contributed by atoms with van der Waals surface area (Å²) in [5.74, 6) is -0.484. The number of phosphoric ester groups is 1. The molecule has 6 unspecified atom stereocenters. The Morgan fingerprint density at radius 1 is 0.561 bits per heavy atom. The highest BCUT2D eigenvalue weighted by molar-refractivity contribution is 7.47. The summed E-state index contributed by atoms with van der Waals surface area (Å²) in [6.45, 7) is 4.23. The first-order valence-corrected chi connectivity index (χ1v) is 24.2. The predicted octanol–water partition coefficient (Wildman–Crippen LogP) is 8.92. The van der Waals surface area contributed by atoms with Crippen molar-refractivity contribution in [1.82, 2.24) is 0 Å². The Labute approximate surface area is 345 Å². The van der Waals surface area contributed by atoms with E-state index in [1.807, 2.05) is 0 Å². The van der Waals surface area contributed by atoms with Gasteiger partial charge in [-0.15, -0.1) is 0 Å². The molecule has 6 atom stereocenters. The second-order valence-corrected chi connectivity index (χ2v) is 17.3. The number of aliphatic hydroxyl groups is 5. The Morgan fingerprint density at radius 3 is 1.51 bits per heavy atom. The van der Waals surface area contributed by atoms with E-state index in [0.717, 1.165) is 57.8 Å². The maximum absolute atomic E-state index is 12.8. The van der Waals surface area contributed by atoms with Gasteiger partial charge in [0.15, 0.2) is 0 Å². The number of allylic oxidation sites excluding steroid dienone is 4. The van der Waals surface area contributed by atoms with Crippen molar-refractivity contribution in [1.29, 1.82) is 0 Å². The second kappa shape index (κ2) is 35.6. The fourth-order valence-corrected chi connectivity index (χ4v) is 7.89. The van der Waals surface area contributed by atoms with Crippen molar-refractivity contribution in [3.05, 3.63) is 24.3 Å². The molecule has 12 nitrogen and oxygen atoms in total. The molecular weight excluding hydrogens is 751 g/mol. The summed E-state index contributed by atoms with van der Waals surface area (Å²) in [5, 5.41) is 50.1. The zero-order valence-corrected chi connectivity index (χ0v) is 36.5. The molecule has 0 amide bonds. The van der Waals surface area contributed by atoms with Crippen LogP contribution < -0.4 is 0 Å². The first-order valence-electron chi connectivity index (χ1n) is 22.7. The predicted molar refractivity (Wildman–Crippen MR) is 226 cm³/mol. The summed E-state index contributed by atoms with van der Waals surface area (Å²) >= 11 is 0. The van der Waals surface area contributed by atoms with Crippen molar-refractivity contribution in [2.24, 2.45) is 0 Å². The normalized spacial score (nSPS) is 23.0. The van der Waals surface area contributed by atoms with Gasteiger partial charge in [0.2, 0.25) is 0 Å². The molecule has 0 aromatic carbocycles. The van der Waals surface area contributed by atoms with Crippen molar-refractivity contribution < 1.29 is 58.3 Å². The van der Waals surface area contributed by atoms with Crippen LogP contribution in [0, 0.1) is 0 Å². The van der Waals surface area contributed by atoms with Crippen molar-refractivity contribution in [2.75, 3.05) is 19.8 Å². The number of carbonyl (C=O) groups is 1. The van der Waals surface area contributed by atoms with Crippen molar-refractivity contribution >= 4 is 13.8 Å². The number of ether oxygens (including phenoxy) is 2. The maximum Gasteiger partial charge on any atom is 0.472 e. The third-order valence-corrected chi connectivity index (χ3v) is 11.6. The summed E-state index contributed by atoms with van der Waals surface area (Å²) in [6.07, 6.45) is 26.7. The number of unbranched alkanes of at least 4 members (excludes halogenated alkanes) is 22. The van der Waals surface area contributed by atoms with Gasteiger partial charge in [-0.2, -0.15) is 0 Å². The molecule has 0 bridgehead atoms. The van der Waals surface area contributed by atoms with Crippen LogP contribution in [0.25, 0.3) is 0 Å². The average Bonchev–Trinajstić information content (AvgIpc) is 3.19. The van der Waals surface area contributed by atoms with E-state index >= 15 is 0 Å². The lowest BCUT2D eigenvalue weighted by Crippen LogP contribution is -2.64. The van der Waals surface area contributed by atoms with Crippen LogP contribution >= 0.6 is 7.82 Å². The fourth-order valence-electron chi connectivity index (χ4n) is 6.91.